The number of Topliss-reactive ketones (excluding diaryl/α,β-unsaturated/α-hetero) is 1. The number of rotatable bonds is 3. The molecule has 1 N–H and O–H groups in total. The van der Waals surface area contributed by atoms with Gasteiger partial charge >= 0.3 is 0 Å². The van der Waals surface area contributed by atoms with Crippen molar-refractivity contribution in [2.75, 3.05) is 0 Å². The molecule has 0 aromatic heterocycles. The highest BCUT2D eigenvalue weighted by molar-refractivity contribution is 5.99. The van der Waals surface area contributed by atoms with E-state index in [1.807, 2.05) is 0 Å². The number of aliphatic hydroxyl groups excluding tert-OH is 1. The third-order valence-corrected chi connectivity index (χ3v) is 2.76. The van der Waals surface area contributed by atoms with Gasteiger partial charge in [-0.2, -0.15) is 0 Å². The largest absolute Gasteiger partial charge is 0.380 e. The van der Waals surface area contributed by atoms with Gasteiger partial charge in [-0.05, 0) is 18.6 Å². The van der Waals surface area contributed by atoms with Crippen LogP contribution < -0.4 is 0 Å². The van der Waals surface area contributed by atoms with Gasteiger partial charge in [-0.25, -0.2) is 4.39 Å². The van der Waals surface area contributed by atoms with E-state index in [9.17, 15) is 14.3 Å². The number of carbonyl (C=O) groups is 1. The zero-order valence-corrected chi connectivity index (χ0v) is 9.93. The molecule has 2 nitrogen and oxygen atoms in total. The fraction of sp³-hybridized carbons (Fsp3) is 0.133. The van der Waals surface area contributed by atoms with Gasteiger partial charge in [0.25, 0.3) is 0 Å². The topological polar surface area (TPSA) is 37.3 Å². The summed E-state index contributed by atoms with van der Waals surface area (Å²) in [6.07, 6.45) is -1.46. The molecule has 2 aromatic carbocycles. The van der Waals surface area contributed by atoms with Crippen LogP contribution in [0.25, 0.3) is 0 Å². The normalized spacial score (nSPS) is 12.2. The molecule has 1 unspecified atom stereocenters. The Balaban J connectivity index is 2.31. The Morgan fingerprint density at radius 1 is 1.17 bits per heavy atom. The lowest BCUT2D eigenvalue weighted by Gasteiger charge is -2.11. The third-order valence-electron chi connectivity index (χ3n) is 2.76. The molecule has 92 valence electrons. The van der Waals surface area contributed by atoms with Crippen LogP contribution in [0.4, 0.5) is 4.39 Å². The van der Waals surface area contributed by atoms with E-state index in [2.05, 4.69) is 0 Å². The Hall–Kier alpha value is -2.00. The number of aryl methyl sites for hydroxylation is 1. The number of halogens is 1. The molecule has 0 saturated heterocycles. The van der Waals surface area contributed by atoms with Gasteiger partial charge in [0, 0.05) is 11.1 Å². The Bertz CT molecular complexity index is 564. The summed E-state index contributed by atoms with van der Waals surface area (Å²) in [5.41, 5.74) is 1.12. The summed E-state index contributed by atoms with van der Waals surface area (Å²) in [6.45, 7) is 1.75. The van der Waals surface area contributed by atoms with E-state index >= 15 is 0 Å². The molecule has 0 radical (unpaired) electrons. The third kappa shape index (κ3) is 2.46. The summed E-state index contributed by atoms with van der Waals surface area (Å²) in [4.78, 5) is 12.0. The lowest BCUT2D eigenvalue weighted by molar-refractivity contribution is 0.0740. The molecule has 18 heavy (non-hydrogen) atoms. The van der Waals surface area contributed by atoms with Crippen LogP contribution >= 0.6 is 0 Å². The second kappa shape index (κ2) is 5.10. The van der Waals surface area contributed by atoms with Crippen LogP contribution in [-0.4, -0.2) is 10.9 Å². The Labute approximate surface area is 105 Å². The maximum Gasteiger partial charge on any atom is 0.195 e. The standard InChI is InChI=1S/C15H13FO2/c1-10-7-8-12(13(16)9-10)15(18)14(17)11-5-3-2-4-6-11/h2-9,15,18H,1H3. The first-order valence-corrected chi connectivity index (χ1v) is 5.63. The molecular weight excluding hydrogens is 231 g/mol. The molecule has 0 aliphatic carbocycles. The maximum atomic E-state index is 13.7. The number of aliphatic hydroxyl groups is 1. The van der Waals surface area contributed by atoms with E-state index < -0.39 is 17.7 Å². The Kier molecular flexibility index (Phi) is 3.53. The molecule has 0 saturated carbocycles. The second-order valence-corrected chi connectivity index (χ2v) is 4.16. The molecule has 0 bridgehead atoms. The van der Waals surface area contributed by atoms with Crippen LogP contribution in [0.1, 0.15) is 27.6 Å². The van der Waals surface area contributed by atoms with Gasteiger partial charge in [0.05, 0.1) is 0 Å². The average molecular weight is 244 g/mol. The predicted octanol–water partition coefficient (Wildman–Crippen LogP) is 3.05. The zero-order chi connectivity index (χ0) is 13.1. The van der Waals surface area contributed by atoms with E-state index in [4.69, 9.17) is 0 Å². The van der Waals surface area contributed by atoms with E-state index in [1.54, 1.807) is 43.3 Å². The average Bonchev–Trinajstić information content (AvgIpc) is 2.38. The van der Waals surface area contributed by atoms with Gasteiger partial charge in [-0.3, -0.25) is 4.79 Å². The first kappa shape index (κ1) is 12.5. The monoisotopic (exact) mass is 244 g/mol. The molecule has 2 aromatic rings. The highest BCUT2D eigenvalue weighted by Crippen LogP contribution is 2.22. The van der Waals surface area contributed by atoms with Crippen molar-refractivity contribution in [3.8, 4) is 0 Å². The fourth-order valence-electron chi connectivity index (χ4n) is 1.76. The van der Waals surface area contributed by atoms with Crippen LogP contribution in [0, 0.1) is 12.7 Å². The molecule has 0 aliphatic rings. The molecule has 3 heteroatoms. The van der Waals surface area contributed by atoms with Crippen molar-refractivity contribution in [3.63, 3.8) is 0 Å². The van der Waals surface area contributed by atoms with Gasteiger partial charge in [0.2, 0.25) is 0 Å². The van der Waals surface area contributed by atoms with Gasteiger partial charge in [0.1, 0.15) is 11.9 Å². The molecule has 1 atom stereocenters. The van der Waals surface area contributed by atoms with Crippen molar-refractivity contribution in [1.29, 1.82) is 0 Å². The molecule has 0 aliphatic heterocycles. The smallest absolute Gasteiger partial charge is 0.195 e. The zero-order valence-electron chi connectivity index (χ0n) is 9.93. The summed E-state index contributed by atoms with van der Waals surface area (Å²) in [5.74, 6) is -1.06. The van der Waals surface area contributed by atoms with Gasteiger partial charge < -0.3 is 5.11 Å². The van der Waals surface area contributed by atoms with Crippen LogP contribution in [0.15, 0.2) is 48.5 Å². The minimum absolute atomic E-state index is 0.00875. The molecular formula is C15H13FO2. The summed E-state index contributed by atoms with van der Waals surface area (Å²) in [7, 11) is 0. The van der Waals surface area contributed by atoms with Crippen LogP contribution in [0.5, 0.6) is 0 Å². The Morgan fingerprint density at radius 2 is 1.83 bits per heavy atom. The van der Waals surface area contributed by atoms with Crippen LogP contribution in [0.3, 0.4) is 0 Å². The van der Waals surface area contributed by atoms with Gasteiger partial charge in [-0.1, -0.05) is 42.5 Å². The first-order valence-electron chi connectivity index (χ1n) is 5.63. The molecule has 0 spiro atoms. The van der Waals surface area contributed by atoms with Gasteiger partial charge in [0.15, 0.2) is 5.78 Å². The second-order valence-electron chi connectivity index (χ2n) is 4.16. The number of ketones is 1. The van der Waals surface area contributed by atoms with E-state index in [-0.39, 0.29) is 5.56 Å². The van der Waals surface area contributed by atoms with E-state index in [1.165, 1.54) is 12.1 Å². The first-order chi connectivity index (χ1) is 8.59. The predicted molar refractivity (Wildman–Crippen MR) is 66.9 cm³/mol. The highest BCUT2D eigenvalue weighted by Gasteiger charge is 2.21. The number of hydrogen-bond donors (Lipinski definition) is 1. The fourth-order valence-corrected chi connectivity index (χ4v) is 1.76. The van der Waals surface area contributed by atoms with Crippen molar-refractivity contribution in [2.45, 2.75) is 13.0 Å². The number of carbonyl (C=O) groups excluding carboxylic acids is 1. The van der Waals surface area contributed by atoms with Crippen LogP contribution in [0.2, 0.25) is 0 Å². The van der Waals surface area contributed by atoms with Crippen molar-refractivity contribution < 1.29 is 14.3 Å². The SMILES string of the molecule is Cc1ccc(C(O)C(=O)c2ccccc2)c(F)c1. The minimum atomic E-state index is -1.46. The lowest BCUT2D eigenvalue weighted by Crippen LogP contribution is -2.13. The number of benzene rings is 2. The minimum Gasteiger partial charge on any atom is -0.380 e. The molecule has 2 rings (SSSR count). The number of hydrogen-bond acceptors (Lipinski definition) is 2. The summed E-state index contributed by atoms with van der Waals surface area (Å²) in [6, 6.07) is 12.8. The van der Waals surface area contributed by atoms with E-state index in [0.29, 0.717) is 5.56 Å². The van der Waals surface area contributed by atoms with Gasteiger partial charge in [-0.15, -0.1) is 0 Å². The Morgan fingerprint density at radius 3 is 2.44 bits per heavy atom. The summed E-state index contributed by atoms with van der Waals surface area (Å²) in [5, 5.41) is 9.92. The quantitative estimate of drug-likeness (QED) is 0.842. The molecule has 0 fully saturated rings. The van der Waals surface area contributed by atoms with Crippen molar-refractivity contribution in [2.24, 2.45) is 0 Å². The summed E-state index contributed by atoms with van der Waals surface area (Å²) < 4.78 is 13.7. The van der Waals surface area contributed by atoms with Crippen molar-refractivity contribution in [1.82, 2.24) is 0 Å². The highest BCUT2D eigenvalue weighted by atomic mass is 19.1. The summed E-state index contributed by atoms with van der Waals surface area (Å²) >= 11 is 0. The maximum absolute atomic E-state index is 13.7. The van der Waals surface area contributed by atoms with E-state index in [0.717, 1.165) is 5.56 Å². The van der Waals surface area contributed by atoms with Crippen LogP contribution in [-0.2, 0) is 0 Å². The lowest BCUT2D eigenvalue weighted by atomic mass is 9.99. The molecule has 0 amide bonds. The van der Waals surface area contributed by atoms with Crippen molar-refractivity contribution in [3.05, 3.63) is 71.0 Å². The van der Waals surface area contributed by atoms with Crippen molar-refractivity contribution >= 4 is 5.78 Å². The molecule has 0 heterocycles.